The smallest absolute Gasteiger partial charge is 0.185 e. The van der Waals surface area contributed by atoms with Crippen LogP contribution in [0.15, 0.2) is 36.9 Å². The Morgan fingerprint density at radius 3 is 2.62 bits per heavy atom. The molecule has 0 spiro atoms. The van der Waals surface area contributed by atoms with Crippen molar-refractivity contribution in [3.63, 3.8) is 0 Å². The Labute approximate surface area is 98.3 Å². The maximum Gasteiger partial charge on any atom is 0.185 e. The minimum absolute atomic E-state index is 0.111. The molecule has 1 aromatic rings. The molecule has 1 aromatic carbocycles. The van der Waals surface area contributed by atoms with Gasteiger partial charge in [0.2, 0.25) is 0 Å². The number of hydrogen-bond donors (Lipinski definition) is 0. The molecule has 0 aliphatic heterocycles. The summed E-state index contributed by atoms with van der Waals surface area (Å²) in [4.78, 5) is 0. The minimum Gasteiger partial charge on any atom is -0.407 e. The molecule has 1 atom stereocenters. The Morgan fingerprint density at radius 2 is 2.12 bits per heavy atom. The number of nitrogens with zero attached hydrogens (tertiary/aromatic N) is 1. The van der Waals surface area contributed by atoms with Crippen LogP contribution in [0.3, 0.4) is 0 Å². The summed E-state index contributed by atoms with van der Waals surface area (Å²) in [6.07, 6.45) is 1.68. The van der Waals surface area contributed by atoms with E-state index >= 15 is 0 Å². The van der Waals surface area contributed by atoms with Crippen molar-refractivity contribution >= 4 is 8.32 Å². The second-order valence-electron chi connectivity index (χ2n) is 4.62. The first-order valence-electron chi connectivity index (χ1n) is 5.27. The summed E-state index contributed by atoms with van der Waals surface area (Å²) in [5, 5.41) is 8.84. The van der Waals surface area contributed by atoms with E-state index in [1.54, 1.807) is 12.1 Å². The molecule has 1 unspecified atom stereocenters. The van der Waals surface area contributed by atoms with E-state index in [1.165, 1.54) is 0 Å². The van der Waals surface area contributed by atoms with Crippen molar-refractivity contribution in [2.75, 3.05) is 0 Å². The van der Waals surface area contributed by atoms with Crippen molar-refractivity contribution in [2.24, 2.45) is 0 Å². The molecule has 2 nitrogen and oxygen atoms in total. The summed E-state index contributed by atoms with van der Waals surface area (Å²) in [5.41, 5.74) is 1.65. The third kappa shape index (κ3) is 3.65. The Morgan fingerprint density at radius 1 is 1.44 bits per heavy atom. The fraction of sp³-hybridized carbons (Fsp3) is 0.308. The Kier molecular flexibility index (Phi) is 4.05. The topological polar surface area (TPSA) is 33.0 Å². The van der Waals surface area contributed by atoms with Crippen molar-refractivity contribution in [3.05, 3.63) is 48.0 Å². The van der Waals surface area contributed by atoms with E-state index in [-0.39, 0.29) is 6.10 Å². The van der Waals surface area contributed by atoms with Gasteiger partial charge in [-0.05, 0) is 37.3 Å². The third-order valence-corrected chi connectivity index (χ3v) is 3.00. The van der Waals surface area contributed by atoms with Crippen LogP contribution in [0.5, 0.6) is 0 Å². The average molecular weight is 231 g/mol. The highest BCUT2D eigenvalue weighted by Gasteiger charge is 2.20. The molecule has 0 aromatic heterocycles. The van der Waals surface area contributed by atoms with Crippen LogP contribution in [0.2, 0.25) is 19.6 Å². The van der Waals surface area contributed by atoms with E-state index in [1.807, 2.05) is 18.2 Å². The zero-order valence-electron chi connectivity index (χ0n) is 10.0. The Bertz CT molecular complexity index is 415. The maximum absolute atomic E-state index is 8.84. The van der Waals surface area contributed by atoms with Gasteiger partial charge in [-0.25, -0.2) is 0 Å². The summed E-state index contributed by atoms with van der Waals surface area (Å²) < 4.78 is 5.98. The Hall–Kier alpha value is -1.37. The van der Waals surface area contributed by atoms with E-state index in [0.29, 0.717) is 5.56 Å². The summed E-state index contributed by atoms with van der Waals surface area (Å²) in [6, 6.07) is 9.61. The first kappa shape index (κ1) is 12.7. The van der Waals surface area contributed by atoms with Crippen LogP contribution in [0.1, 0.15) is 17.2 Å². The van der Waals surface area contributed by atoms with Crippen molar-refractivity contribution in [1.29, 1.82) is 5.26 Å². The molecule has 0 N–H and O–H groups in total. The molecular formula is C13H17NOSi. The molecule has 0 saturated carbocycles. The molecule has 0 radical (unpaired) electrons. The zero-order chi connectivity index (χ0) is 12.2. The highest BCUT2D eigenvalue weighted by Crippen LogP contribution is 2.23. The highest BCUT2D eigenvalue weighted by atomic mass is 28.4. The van der Waals surface area contributed by atoms with Crippen molar-refractivity contribution in [2.45, 2.75) is 25.7 Å². The van der Waals surface area contributed by atoms with Gasteiger partial charge in [0.05, 0.1) is 17.7 Å². The molecule has 0 aliphatic carbocycles. The van der Waals surface area contributed by atoms with Crippen LogP contribution in [0.4, 0.5) is 0 Å². The maximum atomic E-state index is 8.84. The van der Waals surface area contributed by atoms with Crippen LogP contribution >= 0.6 is 0 Å². The average Bonchev–Trinajstić information content (AvgIpc) is 2.25. The van der Waals surface area contributed by atoms with Crippen molar-refractivity contribution in [3.8, 4) is 6.07 Å². The summed E-state index contributed by atoms with van der Waals surface area (Å²) in [5.74, 6) is 0. The number of hydrogen-bond acceptors (Lipinski definition) is 2. The summed E-state index contributed by atoms with van der Waals surface area (Å²) in [6.45, 7) is 10.2. The zero-order valence-corrected chi connectivity index (χ0v) is 11.0. The molecule has 0 bridgehead atoms. The number of benzene rings is 1. The number of rotatable bonds is 4. The molecule has 84 valence electrons. The summed E-state index contributed by atoms with van der Waals surface area (Å²) in [7, 11) is -1.61. The second-order valence-corrected chi connectivity index (χ2v) is 9.08. The van der Waals surface area contributed by atoms with Crippen LogP contribution in [-0.2, 0) is 4.43 Å². The highest BCUT2D eigenvalue weighted by molar-refractivity contribution is 6.69. The molecule has 16 heavy (non-hydrogen) atoms. The summed E-state index contributed by atoms with van der Waals surface area (Å²) >= 11 is 0. The number of nitriles is 1. The monoisotopic (exact) mass is 231 g/mol. The fourth-order valence-corrected chi connectivity index (χ4v) is 2.41. The lowest BCUT2D eigenvalue weighted by Crippen LogP contribution is -2.27. The first-order chi connectivity index (χ1) is 7.46. The van der Waals surface area contributed by atoms with Crippen LogP contribution in [-0.4, -0.2) is 8.32 Å². The van der Waals surface area contributed by atoms with Gasteiger partial charge in [0.25, 0.3) is 0 Å². The van der Waals surface area contributed by atoms with Gasteiger partial charge in [0.15, 0.2) is 8.32 Å². The van der Waals surface area contributed by atoms with Crippen molar-refractivity contribution in [1.82, 2.24) is 0 Å². The molecule has 0 aliphatic rings. The van der Waals surface area contributed by atoms with Crippen molar-refractivity contribution < 1.29 is 4.43 Å². The molecule has 0 heterocycles. The van der Waals surface area contributed by atoms with Crippen LogP contribution in [0.25, 0.3) is 0 Å². The van der Waals surface area contributed by atoms with Gasteiger partial charge < -0.3 is 4.43 Å². The van der Waals surface area contributed by atoms with Gasteiger partial charge in [-0.3, -0.25) is 0 Å². The lowest BCUT2D eigenvalue weighted by atomic mass is 10.1. The van der Waals surface area contributed by atoms with E-state index < -0.39 is 8.32 Å². The Balaban J connectivity index is 2.96. The van der Waals surface area contributed by atoms with Gasteiger partial charge in [-0.1, -0.05) is 18.2 Å². The molecule has 0 saturated heterocycles. The van der Waals surface area contributed by atoms with Gasteiger partial charge >= 0.3 is 0 Å². The lowest BCUT2D eigenvalue weighted by Gasteiger charge is -2.24. The molecular weight excluding hydrogens is 214 g/mol. The molecule has 3 heteroatoms. The van der Waals surface area contributed by atoms with Crippen LogP contribution in [0, 0.1) is 11.3 Å². The predicted molar refractivity (Wildman–Crippen MR) is 68.5 cm³/mol. The van der Waals surface area contributed by atoms with Gasteiger partial charge in [-0.2, -0.15) is 5.26 Å². The quantitative estimate of drug-likeness (QED) is 0.585. The minimum atomic E-state index is -1.61. The van der Waals surface area contributed by atoms with Gasteiger partial charge in [-0.15, -0.1) is 6.58 Å². The predicted octanol–water partition coefficient (Wildman–Crippen LogP) is 3.64. The lowest BCUT2D eigenvalue weighted by molar-refractivity contribution is 0.248. The molecule has 1 rings (SSSR count). The van der Waals surface area contributed by atoms with Gasteiger partial charge in [0.1, 0.15) is 0 Å². The molecule has 0 amide bonds. The van der Waals surface area contributed by atoms with Gasteiger partial charge in [0, 0.05) is 0 Å². The normalized spacial score (nSPS) is 12.9. The second kappa shape index (κ2) is 5.11. The van der Waals surface area contributed by atoms with E-state index in [9.17, 15) is 0 Å². The largest absolute Gasteiger partial charge is 0.407 e. The fourth-order valence-electron chi connectivity index (χ4n) is 1.42. The first-order valence-corrected chi connectivity index (χ1v) is 8.67. The van der Waals surface area contributed by atoms with E-state index in [0.717, 1.165) is 5.56 Å². The van der Waals surface area contributed by atoms with E-state index in [2.05, 4.69) is 32.3 Å². The standard InChI is InChI=1S/C13H17NOSi/c1-5-13(15-16(2,3)4)12-8-6-7-11(9-12)10-14/h5-9,13H,1H2,2-4H3. The SMILES string of the molecule is C=CC(O[Si](C)(C)C)c1cccc(C#N)c1. The van der Waals surface area contributed by atoms with Crippen LogP contribution < -0.4 is 0 Å². The third-order valence-electron chi connectivity index (χ3n) is 2.04. The van der Waals surface area contributed by atoms with E-state index in [4.69, 9.17) is 9.69 Å². The molecule has 0 fully saturated rings.